The minimum absolute atomic E-state index is 0.156. The molecule has 0 radical (unpaired) electrons. The minimum atomic E-state index is -4.38. The molecule has 0 aliphatic rings. The van der Waals surface area contributed by atoms with Crippen LogP contribution in [0.15, 0.2) is 0 Å². The topological polar surface area (TPSA) is 105 Å². The number of unbranched alkanes of at least 4 members (excludes halogenated alkanes) is 5. The van der Waals surface area contributed by atoms with Crippen LogP contribution in [0.5, 0.6) is 0 Å². The van der Waals surface area contributed by atoms with E-state index in [9.17, 15) is 13.2 Å². The maximum Gasteiger partial charge on any atom is 0.397 e. The second kappa shape index (κ2) is 11.9. The van der Waals surface area contributed by atoms with Crippen molar-refractivity contribution in [3.8, 4) is 0 Å². The van der Waals surface area contributed by atoms with Crippen LogP contribution in [0.1, 0.15) is 51.9 Å². The first-order valence-electron chi connectivity index (χ1n) is 7.09. The summed E-state index contributed by atoms with van der Waals surface area (Å²) in [5.74, 6) is 0. The molecular weight excluding hydrogens is 284 g/mol. The van der Waals surface area contributed by atoms with Crippen LogP contribution in [0.2, 0.25) is 0 Å². The van der Waals surface area contributed by atoms with Crippen molar-refractivity contribution in [2.75, 3.05) is 19.7 Å². The maximum absolute atomic E-state index is 11.3. The van der Waals surface area contributed by atoms with Crippen LogP contribution < -0.4 is 10.6 Å². The summed E-state index contributed by atoms with van der Waals surface area (Å²) in [4.78, 5) is 11.3. The standard InChI is InChI=1S/C12H26N2O5S/c1-2-3-4-5-6-7-9-13-12(15)14-10-8-11-19-20(16,17)18/h2-11H2,1H3,(H2,13,14,15)(H,16,17,18). The van der Waals surface area contributed by atoms with E-state index in [0.717, 1.165) is 12.8 Å². The lowest BCUT2D eigenvalue weighted by Gasteiger charge is -2.07. The Labute approximate surface area is 121 Å². The second-order valence-corrected chi connectivity index (χ2v) is 5.64. The molecule has 0 bridgehead atoms. The Morgan fingerprint density at radius 3 is 2.15 bits per heavy atom. The summed E-state index contributed by atoms with van der Waals surface area (Å²) in [6, 6.07) is -0.273. The van der Waals surface area contributed by atoms with E-state index in [2.05, 4.69) is 21.7 Å². The van der Waals surface area contributed by atoms with Crippen molar-refractivity contribution >= 4 is 16.4 Å². The summed E-state index contributed by atoms with van der Waals surface area (Å²) in [7, 11) is -4.38. The molecular formula is C12H26N2O5S. The fraction of sp³-hybridized carbons (Fsp3) is 0.917. The fourth-order valence-corrected chi connectivity index (χ4v) is 1.94. The van der Waals surface area contributed by atoms with Gasteiger partial charge in [-0.3, -0.25) is 4.55 Å². The first-order valence-corrected chi connectivity index (χ1v) is 8.45. The first-order chi connectivity index (χ1) is 9.45. The number of carbonyl (C=O) groups excluding carboxylic acids is 1. The highest BCUT2D eigenvalue weighted by molar-refractivity contribution is 7.80. The van der Waals surface area contributed by atoms with Gasteiger partial charge in [-0.15, -0.1) is 0 Å². The van der Waals surface area contributed by atoms with Gasteiger partial charge in [0.25, 0.3) is 0 Å². The van der Waals surface area contributed by atoms with E-state index in [1.54, 1.807) is 0 Å². The van der Waals surface area contributed by atoms with E-state index < -0.39 is 10.4 Å². The smallest absolute Gasteiger partial charge is 0.338 e. The third-order valence-electron chi connectivity index (χ3n) is 2.65. The number of nitrogens with one attached hydrogen (secondary N) is 2. The maximum atomic E-state index is 11.3. The summed E-state index contributed by atoms with van der Waals surface area (Å²) in [5.41, 5.74) is 0. The Morgan fingerprint density at radius 2 is 1.55 bits per heavy atom. The molecule has 3 N–H and O–H groups in total. The highest BCUT2D eigenvalue weighted by Gasteiger charge is 2.03. The van der Waals surface area contributed by atoms with E-state index >= 15 is 0 Å². The molecule has 7 nitrogen and oxygen atoms in total. The lowest BCUT2D eigenvalue weighted by Crippen LogP contribution is -2.36. The monoisotopic (exact) mass is 310 g/mol. The number of hydrogen-bond donors (Lipinski definition) is 3. The molecule has 0 heterocycles. The second-order valence-electron chi connectivity index (χ2n) is 4.55. The first kappa shape index (κ1) is 19.1. The molecule has 0 spiro atoms. The third kappa shape index (κ3) is 15.2. The molecule has 20 heavy (non-hydrogen) atoms. The molecule has 0 fully saturated rings. The largest absolute Gasteiger partial charge is 0.397 e. The number of carbonyl (C=O) groups is 1. The van der Waals surface area contributed by atoms with E-state index in [-0.39, 0.29) is 19.2 Å². The molecule has 0 aromatic carbocycles. The van der Waals surface area contributed by atoms with Crippen molar-refractivity contribution in [3.63, 3.8) is 0 Å². The molecule has 0 saturated heterocycles. The van der Waals surface area contributed by atoms with Crippen LogP contribution in [0.3, 0.4) is 0 Å². The van der Waals surface area contributed by atoms with Crippen molar-refractivity contribution in [2.45, 2.75) is 51.9 Å². The predicted octanol–water partition coefficient (Wildman–Crippen LogP) is 1.86. The number of amides is 2. The molecule has 0 aromatic rings. The lowest BCUT2D eigenvalue weighted by molar-refractivity contribution is 0.237. The Balaban J connectivity index is 3.29. The minimum Gasteiger partial charge on any atom is -0.338 e. The average molecular weight is 310 g/mol. The van der Waals surface area contributed by atoms with Crippen LogP contribution in [-0.2, 0) is 14.6 Å². The van der Waals surface area contributed by atoms with Gasteiger partial charge in [0.05, 0.1) is 6.61 Å². The van der Waals surface area contributed by atoms with Crippen LogP contribution in [0.4, 0.5) is 4.79 Å². The summed E-state index contributed by atoms with van der Waals surface area (Å²) in [6.07, 6.45) is 7.32. The highest BCUT2D eigenvalue weighted by atomic mass is 32.3. The van der Waals surface area contributed by atoms with Crippen LogP contribution in [0.25, 0.3) is 0 Å². The Morgan fingerprint density at radius 1 is 1.00 bits per heavy atom. The van der Waals surface area contributed by atoms with Gasteiger partial charge in [0.15, 0.2) is 0 Å². The third-order valence-corrected chi connectivity index (χ3v) is 3.12. The summed E-state index contributed by atoms with van der Waals surface area (Å²) in [6.45, 7) is 2.95. The van der Waals surface area contributed by atoms with E-state index in [4.69, 9.17) is 4.55 Å². The SMILES string of the molecule is CCCCCCCCNC(=O)NCCCOS(=O)(=O)O. The van der Waals surface area contributed by atoms with Crippen molar-refractivity contribution in [2.24, 2.45) is 0 Å². The Hall–Kier alpha value is -0.860. The molecule has 0 saturated carbocycles. The molecule has 0 aliphatic carbocycles. The van der Waals surface area contributed by atoms with Gasteiger partial charge in [0, 0.05) is 13.1 Å². The zero-order valence-electron chi connectivity index (χ0n) is 12.1. The van der Waals surface area contributed by atoms with E-state index in [0.29, 0.717) is 13.0 Å². The van der Waals surface area contributed by atoms with Gasteiger partial charge >= 0.3 is 16.4 Å². The highest BCUT2D eigenvalue weighted by Crippen LogP contribution is 2.03. The van der Waals surface area contributed by atoms with Crippen molar-refractivity contribution in [1.29, 1.82) is 0 Å². The van der Waals surface area contributed by atoms with Gasteiger partial charge in [0.1, 0.15) is 0 Å². The van der Waals surface area contributed by atoms with Gasteiger partial charge in [-0.05, 0) is 12.8 Å². The van der Waals surface area contributed by atoms with Crippen molar-refractivity contribution in [3.05, 3.63) is 0 Å². The number of hydrogen-bond acceptors (Lipinski definition) is 4. The predicted molar refractivity (Wildman–Crippen MR) is 76.9 cm³/mol. The lowest BCUT2D eigenvalue weighted by atomic mass is 10.1. The average Bonchev–Trinajstić information content (AvgIpc) is 2.36. The summed E-state index contributed by atoms with van der Waals surface area (Å²) < 4.78 is 32.9. The fourth-order valence-electron chi connectivity index (χ4n) is 1.61. The zero-order valence-corrected chi connectivity index (χ0v) is 12.9. The zero-order chi connectivity index (χ0) is 15.3. The Bertz CT molecular complexity index is 346. The van der Waals surface area contributed by atoms with Gasteiger partial charge in [-0.1, -0.05) is 39.0 Å². The molecule has 0 atom stereocenters. The van der Waals surface area contributed by atoms with Gasteiger partial charge in [0.2, 0.25) is 0 Å². The van der Waals surface area contributed by atoms with Gasteiger partial charge in [-0.25, -0.2) is 8.98 Å². The van der Waals surface area contributed by atoms with E-state index in [1.807, 2.05) is 0 Å². The molecule has 8 heteroatoms. The Kier molecular flexibility index (Phi) is 11.4. The van der Waals surface area contributed by atoms with Crippen molar-refractivity contribution in [1.82, 2.24) is 10.6 Å². The van der Waals surface area contributed by atoms with Gasteiger partial charge < -0.3 is 10.6 Å². The van der Waals surface area contributed by atoms with E-state index in [1.165, 1.54) is 25.7 Å². The van der Waals surface area contributed by atoms with Crippen LogP contribution in [0, 0.1) is 0 Å². The normalized spacial score (nSPS) is 11.3. The number of urea groups is 1. The molecule has 0 aliphatic heterocycles. The van der Waals surface area contributed by atoms with Gasteiger partial charge in [-0.2, -0.15) is 8.42 Å². The quantitative estimate of drug-likeness (QED) is 0.377. The molecule has 120 valence electrons. The van der Waals surface area contributed by atoms with Crippen LogP contribution >= 0.6 is 0 Å². The number of rotatable bonds is 12. The molecule has 0 aromatic heterocycles. The van der Waals surface area contributed by atoms with Crippen LogP contribution in [-0.4, -0.2) is 38.7 Å². The van der Waals surface area contributed by atoms with Crippen molar-refractivity contribution < 1.29 is 21.9 Å². The summed E-state index contributed by atoms with van der Waals surface area (Å²) in [5, 5.41) is 5.30. The molecule has 2 amide bonds. The molecule has 0 rings (SSSR count). The summed E-state index contributed by atoms with van der Waals surface area (Å²) >= 11 is 0. The molecule has 0 unspecified atom stereocenters.